The van der Waals surface area contributed by atoms with Crippen LogP contribution < -0.4 is 10.1 Å². The Hall–Kier alpha value is -2.97. The number of amides is 2. The van der Waals surface area contributed by atoms with Crippen LogP contribution in [-0.4, -0.2) is 74.7 Å². The van der Waals surface area contributed by atoms with Crippen LogP contribution in [0.1, 0.15) is 34.6 Å². The zero-order valence-electron chi connectivity index (χ0n) is 19.8. The zero-order chi connectivity index (χ0) is 24.1. The fourth-order valence-electron chi connectivity index (χ4n) is 3.84. The van der Waals surface area contributed by atoms with Crippen molar-refractivity contribution in [2.45, 2.75) is 26.0 Å². The van der Waals surface area contributed by atoms with Gasteiger partial charge in [-0.25, -0.2) is 4.39 Å². The molecular weight excluding hydrogens is 425 g/mol. The van der Waals surface area contributed by atoms with E-state index in [0.29, 0.717) is 35.7 Å². The molecule has 178 valence electrons. The predicted molar refractivity (Wildman–Crippen MR) is 125 cm³/mol. The highest BCUT2D eigenvalue weighted by Gasteiger charge is 2.27. The van der Waals surface area contributed by atoms with Gasteiger partial charge in [0.2, 0.25) is 0 Å². The van der Waals surface area contributed by atoms with Crippen molar-refractivity contribution in [2.24, 2.45) is 5.92 Å². The molecule has 2 amide bonds. The summed E-state index contributed by atoms with van der Waals surface area (Å²) in [7, 11) is 5.45. The van der Waals surface area contributed by atoms with Crippen molar-refractivity contribution in [3.8, 4) is 5.75 Å². The molecule has 33 heavy (non-hydrogen) atoms. The molecule has 1 heterocycles. The minimum atomic E-state index is -0.411. The van der Waals surface area contributed by atoms with Crippen LogP contribution in [0.4, 0.5) is 10.1 Å². The third-order valence-corrected chi connectivity index (χ3v) is 6.12. The number of carbonyl (C=O) groups excluding carboxylic acids is 2. The van der Waals surface area contributed by atoms with Crippen LogP contribution in [0.25, 0.3) is 0 Å². The van der Waals surface area contributed by atoms with Gasteiger partial charge in [0.05, 0.1) is 11.7 Å². The predicted octanol–water partition coefficient (Wildman–Crippen LogP) is 3.51. The first-order valence-electron chi connectivity index (χ1n) is 11.0. The molecule has 0 saturated carbocycles. The first kappa shape index (κ1) is 24.7. The molecule has 0 unspecified atom stereocenters. The van der Waals surface area contributed by atoms with Gasteiger partial charge in [-0.3, -0.25) is 14.5 Å². The molecule has 7 nitrogen and oxygen atoms in total. The van der Waals surface area contributed by atoms with E-state index in [-0.39, 0.29) is 29.9 Å². The average molecular weight is 458 g/mol. The minimum Gasteiger partial charge on any atom is -0.491 e. The van der Waals surface area contributed by atoms with Crippen molar-refractivity contribution in [3.63, 3.8) is 0 Å². The molecular formula is C25H32FN3O4. The Morgan fingerprint density at radius 2 is 1.82 bits per heavy atom. The largest absolute Gasteiger partial charge is 0.491 e. The van der Waals surface area contributed by atoms with Crippen LogP contribution in [0.5, 0.6) is 5.75 Å². The topological polar surface area (TPSA) is 71.1 Å². The molecule has 0 saturated heterocycles. The SMILES string of the molecule is CO[C@H]1CN(C)C(=O)c2ccc(NC(=O)c3ccc(F)cc3)cc2OC[C@H](C)N(C)C[C@@H]1C. The zero-order valence-corrected chi connectivity index (χ0v) is 19.8. The molecule has 0 aliphatic carbocycles. The number of fused-ring (bicyclic) bond motifs is 1. The molecule has 0 radical (unpaired) electrons. The van der Waals surface area contributed by atoms with Crippen LogP contribution >= 0.6 is 0 Å². The molecule has 2 aromatic rings. The summed E-state index contributed by atoms with van der Waals surface area (Å²) >= 11 is 0. The maximum atomic E-state index is 13.2. The van der Waals surface area contributed by atoms with Crippen LogP contribution in [-0.2, 0) is 4.74 Å². The number of halogens is 1. The number of nitrogens with one attached hydrogen (secondary N) is 1. The summed E-state index contributed by atoms with van der Waals surface area (Å²) in [5, 5.41) is 2.79. The summed E-state index contributed by atoms with van der Waals surface area (Å²) in [6, 6.07) is 10.4. The van der Waals surface area contributed by atoms with Crippen LogP contribution in [0, 0.1) is 11.7 Å². The van der Waals surface area contributed by atoms with Gasteiger partial charge < -0.3 is 19.7 Å². The Bertz CT molecular complexity index is 982. The molecule has 0 aromatic heterocycles. The number of hydrogen-bond acceptors (Lipinski definition) is 5. The summed E-state index contributed by atoms with van der Waals surface area (Å²) in [6.45, 7) is 5.80. The summed E-state index contributed by atoms with van der Waals surface area (Å²) in [6.07, 6.45) is -0.105. The van der Waals surface area contributed by atoms with Crippen molar-refractivity contribution in [1.82, 2.24) is 9.80 Å². The highest BCUT2D eigenvalue weighted by atomic mass is 19.1. The van der Waals surface area contributed by atoms with E-state index >= 15 is 0 Å². The molecule has 0 bridgehead atoms. The van der Waals surface area contributed by atoms with E-state index < -0.39 is 5.82 Å². The van der Waals surface area contributed by atoms with Gasteiger partial charge in [-0.15, -0.1) is 0 Å². The van der Waals surface area contributed by atoms with Crippen LogP contribution in [0.2, 0.25) is 0 Å². The van der Waals surface area contributed by atoms with Gasteiger partial charge in [0.25, 0.3) is 11.8 Å². The van der Waals surface area contributed by atoms with Crippen molar-refractivity contribution in [2.75, 3.05) is 46.2 Å². The molecule has 2 aromatic carbocycles. The molecule has 3 atom stereocenters. The normalized spacial score (nSPS) is 22.5. The van der Waals surface area contributed by atoms with Gasteiger partial charge in [0.15, 0.2) is 0 Å². The summed E-state index contributed by atoms with van der Waals surface area (Å²) < 4.78 is 24.9. The van der Waals surface area contributed by atoms with E-state index in [4.69, 9.17) is 9.47 Å². The number of anilines is 1. The van der Waals surface area contributed by atoms with Crippen molar-refractivity contribution in [1.29, 1.82) is 0 Å². The minimum absolute atomic E-state index is 0.0996. The third-order valence-electron chi connectivity index (χ3n) is 6.12. The van der Waals surface area contributed by atoms with Gasteiger partial charge in [-0.05, 0) is 56.3 Å². The van der Waals surface area contributed by atoms with Crippen molar-refractivity contribution in [3.05, 3.63) is 59.4 Å². The van der Waals surface area contributed by atoms with Crippen LogP contribution in [0.15, 0.2) is 42.5 Å². The average Bonchev–Trinajstić information content (AvgIpc) is 2.80. The molecule has 1 N–H and O–H groups in total. The van der Waals surface area contributed by atoms with E-state index in [2.05, 4.69) is 24.1 Å². The Morgan fingerprint density at radius 3 is 2.48 bits per heavy atom. The maximum Gasteiger partial charge on any atom is 0.257 e. The molecule has 8 heteroatoms. The van der Waals surface area contributed by atoms with Gasteiger partial charge in [0.1, 0.15) is 18.2 Å². The van der Waals surface area contributed by atoms with E-state index in [0.717, 1.165) is 6.54 Å². The monoisotopic (exact) mass is 457 g/mol. The Labute approximate surface area is 194 Å². The van der Waals surface area contributed by atoms with Crippen molar-refractivity contribution >= 4 is 17.5 Å². The Kier molecular flexibility index (Phi) is 8.05. The number of methoxy groups -OCH3 is 1. The van der Waals surface area contributed by atoms with Gasteiger partial charge in [0, 0.05) is 50.6 Å². The van der Waals surface area contributed by atoms with E-state index in [1.54, 1.807) is 37.3 Å². The second-order valence-corrected chi connectivity index (χ2v) is 8.71. The Balaban J connectivity index is 1.89. The number of nitrogens with zero attached hydrogens (tertiary/aromatic N) is 2. The number of hydrogen-bond donors (Lipinski definition) is 1. The lowest BCUT2D eigenvalue weighted by molar-refractivity contribution is 0.0150. The lowest BCUT2D eigenvalue weighted by Gasteiger charge is -2.34. The third kappa shape index (κ3) is 6.09. The smallest absolute Gasteiger partial charge is 0.257 e. The fraction of sp³-hybridized carbons (Fsp3) is 0.440. The fourth-order valence-corrected chi connectivity index (χ4v) is 3.84. The molecule has 0 spiro atoms. The summed E-state index contributed by atoms with van der Waals surface area (Å²) in [4.78, 5) is 29.6. The number of carbonyl (C=O) groups is 2. The molecule has 0 fully saturated rings. The van der Waals surface area contributed by atoms with Crippen molar-refractivity contribution < 1.29 is 23.5 Å². The summed E-state index contributed by atoms with van der Waals surface area (Å²) in [5.41, 5.74) is 1.22. The van der Waals surface area contributed by atoms with E-state index in [1.807, 2.05) is 7.05 Å². The van der Waals surface area contributed by atoms with Gasteiger partial charge in [-0.1, -0.05) is 6.92 Å². The first-order valence-corrected chi connectivity index (χ1v) is 11.0. The number of likely N-dealkylation sites (N-methyl/N-ethyl adjacent to an activating group) is 2. The number of rotatable bonds is 3. The Morgan fingerprint density at radius 1 is 1.12 bits per heavy atom. The second-order valence-electron chi connectivity index (χ2n) is 8.71. The highest BCUT2D eigenvalue weighted by molar-refractivity contribution is 6.05. The molecule has 1 aliphatic rings. The molecule has 3 rings (SSSR count). The lowest BCUT2D eigenvalue weighted by Crippen LogP contribution is -2.45. The first-order chi connectivity index (χ1) is 15.7. The maximum absolute atomic E-state index is 13.2. The second kappa shape index (κ2) is 10.8. The summed E-state index contributed by atoms with van der Waals surface area (Å²) in [5.74, 6) is -0.354. The number of ether oxygens (including phenoxy) is 2. The quantitative estimate of drug-likeness (QED) is 0.764. The van der Waals surface area contributed by atoms with Gasteiger partial charge in [-0.2, -0.15) is 0 Å². The van der Waals surface area contributed by atoms with Gasteiger partial charge >= 0.3 is 0 Å². The highest BCUT2D eigenvalue weighted by Crippen LogP contribution is 2.27. The number of benzene rings is 2. The molecule has 1 aliphatic heterocycles. The lowest BCUT2D eigenvalue weighted by atomic mass is 10.0. The standard InChI is InChI=1S/C25H32FN3O4/c1-16-13-28(3)17(2)15-33-22-12-20(27-24(30)18-6-8-19(26)9-7-18)10-11-21(22)25(31)29(4)14-23(16)32-5/h6-12,16-17,23H,13-15H2,1-5H3,(H,27,30)/t16-,17-,23-/m0/s1. The van der Waals surface area contributed by atoms with E-state index in [1.165, 1.54) is 24.3 Å². The van der Waals surface area contributed by atoms with E-state index in [9.17, 15) is 14.0 Å². The van der Waals surface area contributed by atoms with Crippen LogP contribution in [0.3, 0.4) is 0 Å².